The zero-order chi connectivity index (χ0) is 8.93. The minimum absolute atomic E-state index is 0.167. The zero-order valence-electron chi connectivity index (χ0n) is 7.69. The zero-order valence-corrected chi connectivity index (χ0v) is 7.69. The molecule has 2 bridgehead atoms. The molecule has 2 aliphatic rings. The average Bonchev–Trinajstić information content (AvgIpc) is 2.40. The fourth-order valence-corrected chi connectivity index (χ4v) is 3.07. The van der Waals surface area contributed by atoms with Crippen LogP contribution in [-0.2, 0) is 0 Å². The van der Waals surface area contributed by atoms with Crippen molar-refractivity contribution in [3.63, 3.8) is 0 Å². The Morgan fingerprint density at radius 3 is 2.25 bits per heavy atom. The van der Waals surface area contributed by atoms with E-state index >= 15 is 0 Å². The van der Waals surface area contributed by atoms with Gasteiger partial charge in [-0.3, -0.25) is 0 Å². The molecule has 70 valence electrons. The second-order valence-corrected chi connectivity index (χ2v) is 4.80. The largest absolute Gasteiger partial charge is 0.251 e. The van der Waals surface area contributed by atoms with Gasteiger partial charge in [-0.1, -0.05) is 13.8 Å². The number of halogens is 2. The Morgan fingerprint density at radius 1 is 1.25 bits per heavy atom. The Bertz CT molecular complexity index is 186. The highest BCUT2D eigenvalue weighted by atomic mass is 19.3. The summed E-state index contributed by atoms with van der Waals surface area (Å²) in [5.41, 5.74) is 0. The van der Waals surface area contributed by atoms with Gasteiger partial charge in [0, 0.05) is 12.3 Å². The molecule has 0 N–H and O–H groups in total. The van der Waals surface area contributed by atoms with Crippen LogP contribution in [0.2, 0.25) is 0 Å². The van der Waals surface area contributed by atoms with Crippen LogP contribution in [-0.4, -0.2) is 5.92 Å². The average molecular weight is 174 g/mol. The van der Waals surface area contributed by atoms with Gasteiger partial charge < -0.3 is 0 Å². The summed E-state index contributed by atoms with van der Waals surface area (Å²) >= 11 is 0. The molecule has 0 nitrogen and oxygen atoms in total. The molecule has 2 fully saturated rings. The monoisotopic (exact) mass is 174 g/mol. The van der Waals surface area contributed by atoms with Crippen molar-refractivity contribution < 1.29 is 8.78 Å². The second-order valence-electron chi connectivity index (χ2n) is 4.80. The first kappa shape index (κ1) is 8.46. The van der Waals surface area contributed by atoms with Crippen LogP contribution in [0.25, 0.3) is 0 Å². The van der Waals surface area contributed by atoms with Gasteiger partial charge in [-0.05, 0) is 30.6 Å². The molecule has 12 heavy (non-hydrogen) atoms. The SMILES string of the molecule is CC(C)C1CC2CC1CC2(F)F. The summed E-state index contributed by atoms with van der Waals surface area (Å²) < 4.78 is 26.2. The van der Waals surface area contributed by atoms with Gasteiger partial charge in [-0.15, -0.1) is 0 Å². The summed E-state index contributed by atoms with van der Waals surface area (Å²) in [6.45, 7) is 4.31. The minimum Gasteiger partial charge on any atom is -0.207 e. The number of fused-ring (bicyclic) bond motifs is 2. The van der Waals surface area contributed by atoms with Gasteiger partial charge in [0.15, 0.2) is 0 Å². The van der Waals surface area contributed by atoms with Crippen molar-refractivity contribution in [2.45, 2.75) is 39.0 Å². The third-order valence-electron chi connectivity index (χ3n) is 3.74. The Morgan fingerprint density at radius 2 is 1.92 bits per heavy atom. The second kappa shape index (κ2) is 2.43. The Hall–Kier alpha value is -0.140. The highest BCUT2D eigenvalue weighted by Gasteiger charge is 2.56. The fraction of sp³-hybridized carbons (Fsp3) is 1.00. The van der Waals surface area contributed by atoms with Crippen molar-refractivity contribution in [1.82, 2.24) is 0 Å². The maximum atomic E-state index is 13.1. The lowest BCUT2D eigenvalue weighted by atomic mass is 9.80. The number of hydrogen-bond donors (Lipinski definition) is 0. The maximum Gasteiger partial charge on any atom is 0.251 e. The van der Waals surface area contributed by atoms with Gasteiger partial charge in [-0.25, -0.2) is 8.78 Å². The molecule has 3 atom stereocenters. The molecule has 2 saturated carbocycles. The molecule has 0 heterocycles. The first-order chi connectivity index (χ1) is 5.50. The standard InChI is InChI=1S/C10H16F2/c1-6(2)9-4-8-3-7(9)5-10(8,11)12/h6-9H,3-5H2,1-2H3. The smallest absolute Gasteiger partial charge is 0.207 e. The molecular formula is C10H16F2. The van der Waals surface area contributed by atoms with Crippen LogP contribution in [0.3, 0.4) is 0 Å². The van der Waals surface area contributed by atoms with E-state index in [1.165, 1.54) is 0 Å². The van der Waals surface area contributed by atoms with Crippen LogP contribution in [0.4, 0.5) is 8.78 Å². The third kappa shape index (κ3) is 1.07. The van der Waals surface area contributed by atoms with Crippen molar-refractivity contribution >= 4 is 0 Å². The lowest BCUT2D eigenvalue weighted by Crippen LogP contribution is -2.29. The molecule has 0 aliphatic heterocycles. The highest BCUT2D eigenvalue weighted by molar-refractivity contribution is 5.00. The van der Waals surface area contributed by atoms with Gasteiger partial charge in [0.25, 0.3) is 5.92 Å². The van der Waals surface area contributed by atoms with Gasteiger partial charge >= 0.3 is 0 Å². The van der Waals surface area contributed by atoms with E-state index in [-0.39, 0.29) is 12.3 Å². The molecule has 2 rings (SSSR count). The summed E-state index contributed by atoms with van der Waals surface area (Å²) in [6.07, 6.45) is 1.73. The van der Waals surface area contributed by atoms with Gasteiger partial charge in [0.05, 0.1) is 0 Å². The van der Waals surface area contributed by atoms with E-state index in [0.717, 1.165) is 12.8 Å². The number of hydrogen-bond acceptors (Lipinski definition) is 0. The van der Waals surface area contributed by atoms with Crippen molar-refractivity contribution in [1.29, 1.82) is 0 Å². The van der Waals surface area contributed by atoms with E-state index in [0.29, 0.717) is 17.8 Å². The van der Waals surface area contributed by atoms with E-state index in [9.17, 15) is 8.78 Å². The van der Waals surface area contributed by atoms with E-state index < -0.39 is 5.92 Å². The normalized spacial score (nSPS) is 44.2. The Labute approximate surface area is 72.3 Å². The fourth-order valence-electron chi connectivity index (χ4n) is 3.07. The van der Waals surface area contributed by atoms with Crippen molar-refractivity contribution in [3.05, 3.63) is 0 Å². The first-order valence-corrected chi connectivity index (χ1v) is 4.88. The first-order valence-electron chi connectivity index (χ1n) is 4.88. The molecule has 0 aromatic heterocycles. The molecule has 0 radical (unpaired) electrons. The predicted molar refractivity (Wildman–Crippen MR) is 44.1 cm³/mol. The summed E-state index contributed by atoms with van der Waals surface area (Å²) in [5, 5.41) is 0. The topological polar surface area (TPSA) is 0 Å². The molecule has 0 aromatic rings. The van der Waals surface area contributed by atoms with E-state index in [1.807, 2.05) is 0 Å². The molecule has 0 spiro atoms. The van der Waals surface area contributed by atoms with E-state index in [4.69, 9.17) is 0 Å². The Kier molecular flexibility index (Phi) is 1.71. The summed E-state index contributed by atoms with van der Waals surface area (Å²) in [4.78, 5) is 0. The van der Waals surface area contributed by atoms with Gasteiger partial charge in [0.2, 0.25) is 0 Å². The van der Waals surface area contributed by atoms with Crippen LogP contribution in [0.15, 0.2) is 0 Å². The van der Waals surface area contributed by atoms with E-state index in [1.54, 1.807) is 0 Å². The third-order valence-corrected chi connectivity index (χ3v) is 3.74. The molecular weight excluding hydrogens is 158 g/mol. The van der Waals surface area contributed by atoms with Gasteiger partial charge in [-0.2, -0.15) is 0 Å². The lowest BCUT2D eigenvalue weighted by Gasteiger charge is -2.29. The molecule has 2 aliphatic carbocycles. The summed E-state index contributed by atoms with van der Waals surface area (Å²) in [7, 11) is 0. The van der Waals surface area contributed by atoms with Crippen LogP contribution in [0.5, 0.6) is 0 Å². The predicted octanol–water partition coefficient (Wildman–Crippen LogP) is 3.32. The Balaban J connectivity index is 2.08. The van der Waals surface area contributed by atoms with Crippen molar-refractivity contribution in [2.24, 2.45) is 23.7 Å². The van der Waals surface area contributed by atoms with Crippen LogP contribution < -0.4 is 0 Å². The summed E-state index contributed by atoms with van der Waals surface area (Å²) in [5.74, 6) is -1.11. The molecule has 3 unspecified atom stereocenters. The van der Waals surface area contributed by atoms with Crippen LogP contribution >= 0.6 is 0 Å². The number of rotatable bonds is 1. The highest BCUT2D eigenvalue weighted by Crippen LogP contribution is 2.57. The van der Waals surface area contributed by atoms with Crippen LogP contribution in [0, 0.1) is 23.7 Å². The van der Waals surface area contributed by atoms with Crippen molar-refractivity contribution in [2.75, 3.05) is 0 Å². The van der Waals surface area contributed by atoms with Gasteiger partial charge in [0.1, 0.15) is 0 Å². The van der Waals surface area contributed by atoms with Crippen LogP contribution in [0.1, 0.15) is 33.1 Å². The van der Waals surface area contributed by atoms with Crippen molar-refractivity contribution in [3.8, 4) is 0 Å². The molecule has 0 saturated heterocycles. The lowest BCUT2D eigenvalue weighted by molar-refractivity contribution is -0.0649. The molecule has 0 aromatic carbocycles. The number of alkyl halides is 2. The minimum atomic E-state index is -2.32. The molecule has 2 heteroatoms. The molecule has 0 amide bonds. The maximum absolute atomic E-state index is 13.1. The van der Waals surface area contributed by atoms with E-state index in [2.05, 4.69) is 13.8 Å². The quantitative estimate of drug-likeness (QED) is 0.572. The summed E-state index contributed by atoms with van der Waals surface area (Å²) in [6, 6.07) is 0.